The molecule has 0 radical (unpaired) electrons. The lowest BCUT2D eigenvalue weighted by Crippen LogP contribution is -2.28. The number of rotatable bonds is 6. The van der Waals surface area contributed by atoms with Crippen LogP contribution in [0.2, 0.25) is 0 Å². The Morgan fingerprint density at radius 2 is 1.62 bits per heavy atom. The van der Waals surface area contributed by atoms with Crippen LogP contribution in [-0.2, 0) is 14.8 Å². The van der Waals surface area contributed by atoms with Crippen molar-refractivity contribution in [1.82, 2.24) is 4.72 Å². The van der Waals surface area contributed by atoms with Crippen molar-refractivity contribution in [1.29, 1.82) is 0 Å². The van der Waals surface area contributed by atoms with Gasteiger partial charge in [-0.3, -0.25) is 4.79 Å². The SMILES string of the molecule is CC[C@@H](NS(=O)(=O)c1ccc(NC(C)=O)cc1)c1ccc(C)cc1. The van der Waals surface area contributed by atoms with Crippen LogP contribution in [0.25, 0.3) is 0 Å². The molecule has 2 aromatic carbocycles. The molecule has 1 amide bonds. The first kappa shape index (κ1) is 18.2. The molecule has 0 aliphatic rings. The van der Waals surface area contributed by atoms with E-state index in [0.29, 0.717) is 12.1 Å². The lowest BCUT2D eigenvalue weighted by molar-refractivity contribution is -0.114. The number of carbonyl (C=O) groups is 1. The number of carbonyl (C=O) groups excluding carboxylic acids is 1. The van der Waals surface area contributed by atoms with Crippen LogP contribution in [0.5, 0.6) is 0 Å². The fraction of sp³-hybridized carbons (Fsp3) is 0.278. The summed E-state index contributed by atoms with van der Waals surface area (Å²) in [6.45, 7) is 5.33. The minimum atomic E-state index is -3.64. The highest BCUT2D eigenvalue weighted by atomic mass is 32.2. The second kappa shape index (κ2) is 7.59. The third kappa shape index (κ3) is 4.66. The first-order chi connectivity index (χ1) is 11.3. The molecular weight excluding hydrogens is 324 g/mol. The topological polar surface area (TPSA) is 75.3 Å². The highest BCUT2D eigenvalue weighted by Gasteiger charge is 2.20. The van der Waals surface area contributed by atoms with Crippen LogP contribution >= 0.6 is 0 Å². The maximum absolute atomic E-state index is 12.6. The van der Waals surface area contributed by atoms with Crippen LogP contribution < -0.4 is 10.0 Å². The highest BCUT2D eigenvalue weighted by molar-refractivity contribution is 7.89. The second-order valence-electron chi connectivity index (χ2n) is 5.70. The van der Waals surface area contributed by atoms with Gasteiger partial charge in [-0.05, 0) is 43.2 Å². The molecule has 0 heterocycles. The third-order valence-electron chi connectivity index (χ3n) is 3.67. The average molecular weight is 346 g/mol. The van der Waals surface area contributed by atoms with Crippen molar-refractivity contribution in [3.05, 3.63) is 59.7 Å². The number of benzene rings is 2. The largest absolute Gasteiger partial charge is 0.326 e. The van der Waals surface area contributed by atoms with Gasteiger partial charge >= 0.3 is 0 Å². The fourth-order valence-corrected chi connectivity index (χ4v) is 3.67. The van der Waals surface area contributed by atoms with Gasteiger partial charge in [0.15, 0.2) is 0 Å². The van der Waals surface area contributed by atoms with Crippen LogP contribution in [0.4, 0.5) is 5.69 Å². The fourth-order valence-electron chi connectivity index (χ4n) is 2.36. The van der Waals surface area contributed by atoms with E-state index in [9.17, 15) is 13.2 Å². The molecule has 24 heavy (non-hydrogen) atoms. The van der Waals surface area contributed by atoms with E-state index in [2.05, 4.69) is 10.0 Å². The molecule has 0 spiro atoms. The van der Waals surface area contributed by atoms with Crippen LogP contribution in [-0.4, -0.2) is 14.3 Å². The highest BCUT2D eigenvalue weighted by Crippen LogP contribution is 2.21. The van der Waals surface area contributed by atoms with Crippen molar-refractivity contribution < 1.29 is 13.2 Å². The Morgan fingerprint density at radius 3 is 2.12 bits per heavy atom. The van der Waals surface area contributed by atoms with Crippen LogP contribution in [0.1, 0.15) is 37.4 Å². The predicted molar refractivity (Wildman–Crippen MR) is 95.3 cm³/mol. The molecule has 0 fully saturated rings. The standard InChI is InChI=1S/C18H22N2O3S/c1-4-18(15-7-5-13(2)6-8-15)20-24(22,23)17-11-9-16(10-12-17)19-14(3)21/h5-12,18,20H,4H2,1-3H3,(H,19,21)/t18-/m1/s1. The molecule has 0 aliphatic carbocycles. The Labute approximate surface area is 143 Å². The van der Waals surface area contributed by atoms with Crippen molar-refractivity contribution in [3.8, 4) is 0 Å². The molecule has 128 valence electrons. The van der Waals surface area contributed by atoms with Crippen molar-refractivity contribution in [2.24, 2.45) is 0 Å². The first-order valence-corrected chi connectivity index (χ1v) is 9.26. The summed E-state index contributed by atoms with van der Waals surface area (Å²) >= 11 is 0. The van der Waals surface area contributed by atoms with Gasteiger partial charge in [-0.15, -0.1) is 0 Å². The zero-order chi connectivity index (χ0) is 17.7. The summed E-state index contributed by atoms with van der Waals surface area (Å²) in [4.78, 5) is 11.2. The number of nitrogens with one attached hydrogen (secondary N) is 2. The maximum Gasteiger partial charge on any atom is 0.241 e. The van der Waals surface area contributed by atoms with Gasteiger partial charge in [0, 0.05) is 18.7 Å². The molecule has 0 unspecified atom stereocenters. The second-order valence-corrected chi connectivity index (χ2v) is 7.41. The molecule has 0 bridgehead atoms. The van der Waals surface area contributed by atoms with Crippen molar-refractivity contribution >= 4 is 21.6 Å². The lowest BCUT2D eigenvalue weighted by Gasteiger charge is -2.18. The normalized spacial score (nSPS) is 12.6. The van der Waals surface area contributed by atoms with E-state index < -0.39 is 10.0 Å². The minimum absolute atomic E-state index is 0.169. The molecule has 0 saturated heterocycles. The number of hydrogen-bond donors (Lipinski definition) is 2. The Kier molecular flexibility index (Phi) is 5.75. The van der Waals surface area contributed by atoms with Crippen LogP contribution in [0.3, 0.4) is 0 Å². The smallest absolute Gasteiger partial charge is 0.241 e. The van der Waals surface area contributed by atoms with E-state index in [1.54, 1.807) is 12.1 Å². The summed E-state index contributed by atoms with van der Waals surface area (Å²) in [7, 11) is -3.64. The predicted octanol–water partition coefficient (Wildman–Crippen LogP) is 3.38. The summed E-state index contributed by atoms with van der Waals surface area (Å²) in [6, 6.07) is 13.6. The van der Waals surface area contributed by atoms with Crippen molar-refractivity contribution in [3.63, 3.8) is 0 Å². The van der Waals surface area contributed by atoms with Gasteiger partial charge in [-0.25, -0.2) is 13.1 Å². The third-order valence-corrected chi connectivity index (χ3v) is 5.16. The van der Waals surface area contributed by atoms with Gasteiger partial charge in [0.1, 0.15) is 0 Å². The quantitative estimate of drug-likeness (QED) is 0.842. The molecule has 0 aromatic heterocycles. The maximum atomic E-state index is 12.6. The number of amides is 1. The molecule has 0 saturated carbocycles. The molecule has 2 N–H and O–H groups in total. The van der Waals surface area contributed by atoms with E-state index in [4.69, 9.17) is 0 Å². The number of hydrogen-bond acceptors (Lipinski definition) is 3. The van der Waals surface area contributed by atoms with Gasteiger partial charge in [-0.2, -0.15) is 0 Å². The summed E-state index contributed by atoms with van der Waals surface area (Å²) < 4.78 is 27.9. The molecule has 2 rings (SSSR count). The van der Waals surface area contributed by atoms with Crippen molar-refractivity contribution in [2.45, 2.75) is 38.1 Å². The number of aryl methyl sites for hydroxylation is 1. The molecule has 0 aliphatic heterocycles. The van der Waals surface area contributed by atoms with Gasteiger partial charge in [0.2, 0.25) is 15.9 Å². The first-order valence-electron chi connectivity index (χ1n) is 7.78. The Hall–Kier alpha value is -2.18. The Balaban J connectivity index is 2.19. The molecule has 2 aromatic rings. The monoisotopic (exact) mass is 346 g/mol. The number of sulfonamides is 1. The van der Waals surface area contributed by atoms with E-state index in [-0.39, 0.29) is 16.8 Å². The zero-order valence-corrected chi connectivity index (χ0v) is 14.9. The Bertz CT molecular complexity index is 797. The lowest BCUT2D eigenvalue weighted by atomic mass is 10.0. The van der Waals surface area contributed by atoms with E-state index >= 15 is 0 Å². The summed E-state index contributed by atoms with van der Waals surface area (Å²) in [5.41, 5.74) is 2.62. The van der Waals surface area contributed by atoms with Gasteiger partial charge in [0.25, 0.3) is 0 Å². The van der Waals surface area contributed by atoms with E-state index in [1.165, 1.54) is 19.1 Å². The van der Waals surface area contributed by atoms with Gasteiger partial charge in [0.05, 0.1) is 4.90 Å². The summed E-state index contributed by atoms with van der Waals surface area (Å²) in [6.07, 6.45) is 0.645. The number of anilines is 1. The van der Waals surface area contributed by atoms with Crippen LogP contribution in [0, 0.1) is 6.92 Å². The van der Waals surface area contributed by atoms with Gasteiger partial charge < -0.3 is 5.32 Å². The molecule has 1 atom stereocenters. The van der Waals surface area contributed by atoms with E-state index in [0.717, 1.165) is 11.1 Å². The van der Waals surface area contributed by atoms with Crippen molar-refractivity contribution in [2.75, 3.05) is 5.32 Å². The Morgan fingerprint density at radius 1 is 1.04 bits per heavy atom. The summed E-state index contributed by atoms with van der Waals surface area (Å²) in [5, 5.41) is 2.61. The molecule has 5 nitrogen and oxygen atoms in total. The molecular formula is C18H22N2O3S. The van der Waals surface area contributed by atoms with E-state index in [1.807, 2.05) is 38.1 Å². The zero-order valence-electron chi connectivity index (χ0n) is 14.0. The van der Waals surface area contributed by atoms with Crippen LogP contribution in [0.15, 0.2) is 53.4 Å². The minimum Gasteiger partial charge on any atom is -0.326 e. The molecule has 6 heteroatoms. The summed E-state index contributed by atoms with van der Waals surface area (Å²) in [5.74, 6) is -0.200. The van der Waals surface area contributed by atoms with Gasteiger partial charge in [-0.1, -0.05) is 36.8 Å². The average Bonchev–Trinajstić information content (AvgIpc) is 2.53.